The quantitative estimate of drug-likeness (QED) is 0.876. The number of aromatic nitrogens is 4. The molecule has 122 valence electrons. The van der Waals surface area contributed by atoms with Crippen molar-refractivity contribution in [3.8, 4) is 0 Å². The Kier molecular flexibility index (Phi) is 3.80. The van der Waals surface area contributed by atoms with Gasteiger partial charge in [-0.2, -0.15) is 10.1 Å². The Morgan fingerprint density at radius 3 is 3.09 bits per heavy atom. The molecule has 2 aliphatic rings. The van der Waals surface area contributed by atoms with E-state index in [9.17, 15) is 0 Å². The molecule has 0 radical (unpaired) electrons. The van der Waals surface area contributed by atoms with Gasteiger partial charge in [-0.05, 0) is 6.42 Å². The zero-order valence-corrected chi connectivity index (χ0v) is 13.3. The SMILES string of the molecule is Cn1cc(Nc2ncc(Cl)c(N[C@@H]3COC4CCOC43)n2)cn1. The summed E-state index contributed by atoms with van der Waals surface area (Å²) in [5, 5.41) is 11.0. The number of hydrogen-bond acceptors (Lipinski definition) is 7. The molecule has 8 nitrogen and oxygen atoms in total. The first-order valence-corrected chi connectivity index (χ1v) is 7.85. The fourth-order valence-corrected chi connectivity index (χ4v) is 3.06. The minimum Gasteiger partial charge on any atom is -0.373 e. The van der Waals surface area contributed by atoms with E-state index in [0.717, 1.165) is 18.7 Å². The molecular weight excluding hydrogens is 320 g/mol. The van der Waals surface area contributed by atoms with Crippen LogP contribution in [0, 0.1) is 0 Å². The van der Waals surface area contributed by atoms with Crippen molar-refractivity contribution in [2.75, 3.05) is 23.8 Å². The number of nitrogens with one attached hydrogen (secondary N) is 2. The van der Waals surface area contributed by atoms with E-state index in [1.807, 2.05) is 13.2 Å². The minimum atomic E-state index is 0.0427. The lowest BCUT2D eigenvalue weighted by Gasteiger charge is -2.19. The Labute approximate surface area is 138 Å². The second-order valence-electron chi connectivity index (χ2n) is 5.66. The Bertz CT molecular complexity index is 708. The summed E-state index contributed by atoms with van der Waals surface area (Å²) in [6.45, 7) is 1.32. The summed E-state index contributed by atoms with van der Waals surface area (Å²) in [7, 11) is 1.85. The zero-order chi connectivity index (χ0) is 15.8. The maximum Gasteiger partial charge on any atom is 0.229 e. The fourth-order valence-electron chi connectivity index (χ4n) is 2.91. The van der Waals surface area contributed by atoms with Crippen LogP contribution in [0.1, 0.15) is 6.42 Å². The third-order valence-corrected chi connectivity index (χ3v) is 4.27. The highest BCUT2D eigenvalue weighted by Gasteiger charge is 2.42. The van der Waals surface area contributed by atoms with Crippen LogP contribution >= 0.6 is 11.6 Å². The molecule has 0 saturated carbocycles. The van der Waals surface area contributed by atoms with Gasteiger partial charge in [-0.1, -0.05) is 11.6 Å². The third-order valence-electron chi connectivity index (χ3n) is 3.99. The molecule has 0 spiro atoms. The molecule has 2 fully saturated rings. The smallest absolute Gasteiger partial charge is 0.229 e. The van der Waals surface area contributed by atoms with Gasteiger partial charge in [0.25, 0.3) is 0 Å². The second kappa shape index (κ2) is 5.95. The van der Waals surface area contributed by atoms with Crippen molar-refractivity contribution in [1.82, 2.24) is 19.7 Å². The predicted octanol–water partition coefficient (Wildman–Crippen LogP) is 1.58. The highest BCUT2D eigenvalue weighted by molar-refractivity contribution is 6.32. The van der Waals surface area contributed by atoms with Crippen molar-refractivity contribution in [3.05, 3.63) is 23.6 Å². The molecule has 2 aromatic rings. The van der Waals surface area contributed by atoms with Crippen molar-refractivity contribution in [2.45, 2.75) is 24.7 Å². The predicted molar refractivity (Wildman–Crippen MR) is 85.0 cm³/mol. The van der Waals surface area contributed by atoms with Crippen LogP contribution in [0.3, 0.4) is 0 Å². The number of hydrogen-bond donors (Lipinski definition) is 2. The van der Waals surface area contributed by atoms with E-state index in [1.54, 1.807) is 17.1 Å². The van der Waals surface area contributed by atoms with Crippen LogP contribution in [0.4, 0.5) is 17.5 Å². The van der Waals surface area contributed by atoms with Gasteiger partial charge in [0, 0.05) is 19.9 Å². The molecule has 2 aromatic heterocycles. The third kappa shape index (κ3) is 2.97. The molecular formula is C14H17ClN6O2. The van der Waals surface area contributed by atoms with Crippen molar-refractivity contribution in [2.24, 2.45) is 7.05 Å². The van der Waals surface area contributed by atoms with Crippen molar-refractivity contribution in [1.29, 1.82) is 0 Å². The van der Waals surface area contributed by atoms with Gasteiger partial charge in [0.1, 0.15) is 11.1 Å². The van der Waals surface area contributed by atoms with Gasteiger partial charge in [-0.25, -0.2) is 4.98 Å². The Morgan fingerprint density at radius 1 is 1.35 bits per heavy atom. The molecule has 0 aromatic carbocycles. The molecule has 3 atom stereocenters. The number of nitrogens with zero attached hydrogens (tertiary/aromatic N) is 4. The molecule has 23 heavy (non-hydrogen) atoms. The van der Waals surface area contributed by atoms with Crippen LogP contribution in [0.5, 0.6) is 0 Å². The van der Waals surface area contributed by atoms with E-state index in [2.05, 4.69) is 25.7 Å². The van der Waals surface area contributed by atoms with Crippen molar-refractivity contribution >= 4 is 29.1 Å². The molecule has 4 rings (SSSR count). The van der Waals surface area contributed by atoms with Crippen LogP contribution in [0.15, 0.2) is 18.6 Å². The van der Waals surface area contributed by atoms with E-state index in [4.69, 9.17) is 21.1 Å². The maximum absolute atomic E-state index is 6.21. The normalized spacial score (nSPS) is 26.3. The van der Waals surface area contributed by atoms with Crippen LogP contribution in [-0.4, -0.2) is 51.2 Å². The van der Waals surface area contributed by atoms with Crippen LogP contribution in [0.2, 0.25) is 5.02 Å². The summed E-state index contributed by atoms with van der Waals surface area (Å²) in [4.78, 5) is 8.63. The molecule has 2 unspecified atom stereocenters. The van der Waals surface area contributed by atoms with Gasteiger partial charge in [-0.3, -0.25) is 4.68 Å². The molecule has 0 amide bonds. The van der Waals surface area contributed by atoms with E-state index in [1.165, 1.54) is 0 Å². The van der Waals surface area contributed by atoms with Gasteiger partial charge >= 0.3 is 0 Å². The summed E-state index contributed by atoms with van der Waals surface area (Å²) < 4.78 is 13.2. The molecule has 0 bridgehead atoms. The van der Waals surface area contributed by atoms with Crippen molar-refractivity contribution in [3.63, 3.8) is 0 Å². The van der Waals surface area contributed by atoms with E-state index < -0.39 is 0 Å². The van der Waals surface area contributed by atoms with Gasteiger partial charge in [0.2, 0.25) is 5.95 Å². The number of halogens is 1. The largest absolute Gasteiger partial charge is 0.373 e. The van der Waals surface area contributed by atoms with Crippen LogP contribution < -0.4 is 10.6 Å². The first-order valence-electron chi connectivity index (χ1n) is 7.47. The molecule has 2 saturated heterocycles. The Balaban J connectivity index is 1.50. The fraction of sp³-hybridized carbons (Fsp3) is 0.500. The number of ether oxygens (including phenoxy) is 2. The average Bonchev–Trinajstić information content (AvgIpc) is 3.22. The number of rotatable bonds is 4. The topological polar surface area (TPSA) is 86.1 Å². The molecule has 4 heterocycles. The van der Waals surface area contributed by atoms with E-state index >= 15 is 0 Å². The first kappa shape index (κ1) is 14.7. The Hall–Kier alpha value is -1.90. The summed E-state index contributed by atoms with van der Waals surface area (Å²) in [6.07, 6.45) is 6.27. The van der Waals surface area contributed by atoms with E-state index in [0.29, 0.717) is 23.4 Å². The number of fused-ring (bicyclic) bond motifs is 1. The second-order valence-corrected chi connectivity index (χ2v) is 6.07. The van der Waals surface area contributed by atoms with Gasteiger partial charge in [-0.15, -0.1) is 0 Å². The molecule has 2 N–H and O–H groups in total. The maximum atomic E-state index is 6.21. The highest BCUT2D eigenvalue weighted by Crippen LogP contribution is 2.30. The lowest BCUT2D eigenvalue weighted by molar-refractivity contribution is 0.0718. The van der Waals surface area contributed by atoms with E-state index in [-0.39, 0.29) is 18.2 Å². The molecule has 2 aliphatic heterocycles. The zero-order valence-electron chi connectivity index (χ0n) is 12.6. The summed E-state index contributed by atoms with van der Waals surface area (Å²) >= 11 is 6.21. The number of aryl methyl sites for hydroxylation is 1. The van der Waals surface area contributed by atoms with Crippen LogP contribution in [-0.2, 0) is 16.5 Å². The lowest BCUT2D eigenvalue weighted by Crippen LogP contribution is -2.34. The highest BCUT2D eigenvalue weighted by atomic mass is 35.5. The van der Waals surface area contributed by atoms with Gasteiger partial charge in [0.05, 0.1) is 36.8 Å². The number of anilines is 3. The monoisotopic (exact) mass is 336 g/mol. The lowest BCUT2D eigenvalue weighted by atomic mass is 10.1. The van der Waals surface area contributed by atoms with Gasteiger partial charge in [0.15, 0.2) is 5.82 Å². The molecule has 9 heteroatoms. The van der Waals surface area contributed by atoms with Crippen molar-refractivity contribution < 1.29 is 9.47 Å². The van der Waals surface area contributed by atoms with Gasteiger partial charge < -0.3 is 20.1 Å². The average molecular weight is 337 g/mol. The Morgan fingerprint density at radius 2 is 2.26 bits per heavy atom. The summed E-state index contributed by atoms with van der Waals surface area (Å²) in [6, 6.07) is 0.0427. The van der Waals surface area contributed by atoms with Crippen LogP contribution in [0.25, 0.3) is 0 Å². The summed E-state index contributed by atoms with van der Waals surface area (Å²) in [5.41, 5.74) is 0.809. The minimum absolute atomic E-state index is 0.0427. The summed E-state index contributed by atoms with van der Waals surface area (Å²) in [5.74, 6) is 1.02. The standard InChI is InChI=1S/C14H17ClN6O2/c1-21-6-8(4-17-21)18-14-16-5-9(15)13(20-14)19-10-7-23-11-2-3-22-12(10)11/h4-6,10-12H,2-3,7H2,1H3,(H2,16,18,19,20)/t10-,11?,12?/m1/s1. The molecule has 0 aliphatic carbocycles. The first-order chi connectivity index (χ1) is 11.2.